The number of amides is 2. The van der Waals surface area contributed by atoms with Crippen LogP contribution in [0, 0.1) is 10.1 Å². The van der Waals surface area contributed by atoms with E-state index in [1.807, 2.05) is 0 Å². The lowest BCUT2D eigenvalue weighted by Gasteiger charge is -2.35. The molecule has 1 aromatic carbocycles. The zero-order chi connectivity index (χ0) is 17.2. The van der Waals surface area contributed by atoms with Gasteiger partial charge in [-0.25, -0.2) is 9.79 Å². The number of non-ortho nitro benzene ring substituents is 1. The summed E-state index contributed by atoms with van der Waals surface area (Å²) in [4.78, 5) is 39.2. The largest absolute Gasteiger partial charge is 0.465 e. The summed E-state index contributed by atoms with van der Waals surface area (Å²) in [6, 6.07) is 5.83. The average Bonchev–Trinajstić information content (AvgIpc) is 2.46. The molecule has 1 aliphatic rings. The molecule has 23 heavy (non-hydrogen) atoms. The molecule has 0 aromatic heterocycles. The van der Waals surface area contributed by atoms with Crippen LogP contribution in [0.15, 0.2) is 29.3 Å². The maximum absolute atomic E-state index is 12.3. The highest BCUT2D eigenvalue weighted by Gasteiger charge is 2.38. The summed E-state index contributed by atoms with van der Waals surface area (Å²) in [5.41, 5.74) is -0.718. The summed E-state index contributed by atoms with van der Waals surface area (Å²) < 4.78 is 0. The number of carbonyl (C=O) groups excluding carboxylic acids is 1. The van der Waals surface area contributed by atoms with Crippen LogP contribution >= 0.6 is 0 Å². The predicted octanol–water partition coefficient (Wildman–Crippen LogP) is 1.69. The number of benzene rings is 1. The quantitative estimate of drug-likeness (QED) is 0.647. The molecular weight excluding hydrogens is 304 g/mol. The second kappa shape index (κ2) is 6.03. The molecule has 1 aliphatic heterocycles. The van der Waals surface area contributed by atoms with Crippen molar-refractivity contribution in [2.45, 2.75) is 25.8 Å². The van der Waals surface area contributed by atoms with Crippen molar-refractivity contribution in [2.24, 2.45) is 4.99 Å². The number of carbonyl (C=O) groups is 2. The molecule has 1 aromatic rings. The van der Waals surface area contributed by atoms with E-state index in [-0.39, 0.29) is 30.5 Å². The van der Waals surface area contributed by atoms with Crippen molar-refractivity contribution < 1.29 is 19.6 Å². The lowest BCUT2D eigenvalue weighted by molar-refractivity contribution is -0.385. The first-order chi connectivity index (χ1) is 10.8. The molecule has 2 N–H and O–H groups in total. The minimum absolute atomic E-state index is 0.00714. The zero-order valence-corrected chi connectivity index (χ0v) is 12.6. The summed E-state index contributed by atoms with van der Waals surface area (Å²) in [6.07, 6.45) is -1.34. The SMILES string of the molecule is CCN1C(=O)C[C@@](C)(c2cccc([N+](=O)[O-])c2)N=C1NC(=O)O. The first-order valence-corrected chi connectivity index (χ1v) is 6.92. The number of rotatable bonds is 3. The maximum atomic E-state index is 12.3. The summed E-state index contributed by atoms with van der Waals surface area (Å²) >= 11 is 0. The molecule has 9 heteroatoms. The Kier molecular flexibility index (Phi) is 4.30. The van der Waals surface area contributed by atoms with Crippen LogP contribution in [-0.4, -0.2) is 39.4 Å². The summed E-state index contributed by atoms with van der Waals surface area (Å²) in [5.74, 6) is -0.384. The van der Waals surface area contributed by atoms with Crippen LogP contribution in [0.5, 0.6) is 0 Å². The average molecular weight is 320 g/mol. The Morgan fingerprint density at radius 2 is 2.26 bits per heavy atom. The Bertz CT molecular complexity index is 702. The highest BCUT2D eigenvalue weighted by Crippen LogP contribution is 2.34. The van der Waals surface area contributed by atoms with Gasteiger partial charge in [-0.2, -0.15) is 0 Å². The number of carboxylic acid groups (broad SMARTS) is 1. The number of nitro benzene ring substituents is 1. The summed E-state index contributed by atoms with van der Waals surface area (Å²) in [6.45, 7) is 3.61. The molecule has 9 nitrogen and oxygen atoms in total. The van der Waals surface area contributed by atoms with Gasteiger partial charge >= 0.3 is 6.09 Å². The van der Waals surface area contributed by atoms with Crippen molar-refractivity contribution in [1.82, 2.24) is 10.2 Å². The third kappa shape index (κ3) is 3.28. The van der Waals surface area contributed by atoms with E-state index in [1.165, 1.54) is 23.1 Å². The number of nitrogens with one attached hydrogen (secondary N) is 1. The van der Waals surface area contributed by atoms with Gasteiger partial charge in [0.25, 0.3) is 5.69 Å². The van der Waals surface area contributed by atoms with Gasteiger partial charge in [0.1, 0.15) is 0 Å². The molecule has 0 saturated carbocycles. The Morgan fingerprint density at radius 3 is 2.83 bits per heavy atom. The molecule has 1 heterocycles. The molecule has 0 aliphatic carbocycles. The van der Waals surface area contributed by atoms with Gasteiger partial charge in [0.05, 0.1) is 16.9 Å². The van der Waals surface area contributed by atoms with Gasteiger partial charge < -0.3 is 5.11 Å². The Labute approximate surface area is 131 Å². The van der Waals surface area contributed by atoms with Gasteiger partial charge in [0.15, 0.2) is 0 Å². The molecule has 0 saturated heterocycles. The van der Waals surface area contributed by atoms with E-state index < -0.39 is 16.6 Å². The summed E-state index contributed by atoms with van der Waals surface area (Å²) in [5, 5.41) is 21.9. The van der Waals surface area contributed by atoms with Gasteiger partial charge in [-0.3, -0.25) is 25.1 Å². The number of guanidine groups is 1. The van der Waals surface area contributed by atoms with Crippen LogP contribution in [0.25, 0.3) is 0 Å². The van der Waals surface area contributed by atoms with Crippen molar-refractivity contribution in [1.29, 1.82) is 0 Å². The Hall–Kier alpha value is -2.97. The minimum atomic E-state index is -1.33. The van der Waals surface area contributed by atoms with Crippen LogP contribution < -0.4 is 5.32 Å². The number of nitro groups is 1. The molecule has 0 radical (unpaired) electrons. The van der Waals surface area contributed by atoms with Crippen molar-refractivity contribution in [3.8, 4) is 0 Å². The molecule has 2 rings (SSSR count). The fraction of sp³-hybridized carbons (Fsp3) is 0.357. The first-order valence-electron chi connectivity index (χ1n) is 6.92. The molecule has 122 valence electrons. The minimum Gasteiger partial charge on any atom is -0.465 e. The highest BCUT2D eigenvalue weighted by atomic mass is 16.6. The number of hydrogen-bond acceptors (Lipinski definition) is 5. The molecule has 0 unspecified atom stereocenters. The Balaban J connectivity index is 2.51. The molecule has 0 spiro atoms. The van der Waals surface area contributed by atoms with Crippen LogP contribution in [0.3, 0.4) is 0 Å². The third-order valence-corrected chi connectivity index (χ3v) is 3.62. The monoisotopic (exact) mass is 320 g/mol. The standard InChI is InChI=1S/C14H16N4O5/c1-3-17-11(19)8-14(2,16-12(17)15-13(20)21)9-5-4-6-10(7-9)18(22)23/h4-7H,3,8H2,1-2H3,(H,15,16)(H,20,21)/t14-/m0/s1. The number of hydrogen-bond donors (Lipinski definition) is 2. The van der Waals surface area contributed by atoms with Crippen LogP contribution in [0.2, 0.25) is 0 Å². The maximum Gasteiger partial charge on any atom is 0.411 e. The van der Waals surface area contributed by atoms with E-state index in [1.54, 1.807) is 19.9 Å². The van der Waals surface area contributed by atoms with Crippen LogP contribution in [-0.2, 0) is 10.3 Å². The van der Waals surface area contributed by atoms with Crippen LogP contribution in [0.1, 0.15) is 25.8 Å². The zero-order valence-electron chi connectivity index (χ0n) is 12.6. The van der Waals surface area contributed by atoms with Crippen LogP contribution in [0.4, 0.5) is 10.5 Å². The highest BCUT2D eigenvalue weighted by molar-refractivity contribution is 6.04. The fourth-order valence-corrected chi connectivity index (χ4v) is 2.48. The second-order valence-electron chi connectivity index (χ2n) is 5.26. The van der Waals surface area contributed by atoms with E-state index in [9.17, 15) is 19.7 Å². The molecule has 1 atom stereocenters. The smallest absolute Gasteiger partial charge is 0.411 e. The van der Waals surface area contributed by atoms with Gasteiger partial charge in [-0.15, -0.1) is 0 Å². The Morgan fingerprint density at radius 1 is 1.57 bits per heavy atom. The van der Waals surface area contributed by atoms with Crippen molar-refractivity contribution in [3.63, 3.8) is 0 Å². The normalized spacial score (nSPS) is 20.9. The molecule has 0 bridgehead atoms. The second-order valence-corrected chi connectivity index (χ2v) is 5.26. The van der Waals surface area contributed by atoms with Crippen molar-refractivity contribution in [2.75, 3.05) is 6.54 Å². The van der Waals surface area contributed by atoms with E-state index in [0.717, 1.165) is 0 Å². The van der Waals surface area contributed by atoms with Gasteiger partial charge in [-0.1, -0.05) is 12.1 Å². The van der Waals surface area contributed by atoms with E-state index >= 15 is 0 Å². The van der Waals surface area contributed by atoms with Crippen molar-refractivity contribution >= 4 is 23.6 Å². The number of aliphatic imine (C=N–C) groups is 1. The van der Waals surface area contributed by atoms with Gasteiger partial charge in [0, 0.05) is 18.7 Å². The molecule has 0 fully saturated rings. The third-order valence-electron chi connectivity index (χ3n) is 3.62. The first kappa shape index (κ1) is 16.4. The van der Waals surface area contributed by atoms with E-state index in [4.69, 9.17) is 5.11 Å². The lowest BCUT2D eigenvalue weighted by Crippen LogP contribution is -2.52. The lowest BCUT2D eigenvalue weighted by atomic mass is 9.87. The topological polar surface area (TPSA) is 125 Å². The van der Waals surface area contributed by atoms with E-state index in [0.29, 0.717) is 5.56 Å². The predicted molar refractivity (Wildman–Crippen MR) is 81.0 cm³/mol. The molecule has 2 amide bonds. The van der Waals surface area contributed by atoms with Crippen molar-refractivity contribution in [3.05, 3.63) is 39.9 Å². The summed E-state index contributed by atoms with van der Waals surface area (Å²) in [7, 11) is 0. The van der Waals surface area contributed by atoms with Gasteiger partial charge in [-0.05, 0) is 19.4 Å². The fourth-order valence-electron chi connectivity index (χ4n) is 2.48. The van der Waals surface area contributed by atoms with Gasteiger partial charge in [0.2, 0.25) is 11.9 Å². The number of nitrogens with zero attached hydrogens (tertiary/aromatic N) is 3. The van der Waals surface area contributed by atoms with E-state index in [2.05, 4.69) is 10.3 Å². The molecular formula is C14H16N4O5.